The molecule has 0 amide bonds. The van der Waals surface area contributed by atoms with Gasteiger partial charge in [0.2, 0.25) is 0 Å². The Morgan fingerprint density at radius 1 is 1.05 bits per heavy atom. The fraction of sp³-hybridized carbons (Fsp3) is 0.533. The number of nitrogen functional groups attached to an aromatic ring is 1. The van der Waals surface area contributed by atoms with Gasteiger partial charge in [0.15, 0.2) is 11.5 Å². The van der Waals surface area contributed by atoms with Gasteiger partial charge in [-0.2, -0.15) is 0 Å². The Balaban J connectivity index is 2.98. The Bertz CT molecular complexity index is 477. The summed E-state index contributed by atoms with van der Waals surface area (Å²) in [5.74, 6) is 0.284. The second kappa shape index (κ2) is 9.86. The van der Waals surface area contributed by atoms with Crippen LogP contribution in [0.4, 0.5) is 5.69 Å². The summed E-state index contributed by atoms with van der Waals surface area (Å²) < 4.78 is 26.0. The molecule has 0 atom stereocenters. The number of benzene rings is 1. The summed E-state index contributed by atoms with van der Waals surface area (Å²) in [5.41, 5.74) is 6.57. The van der Waals surface area contributed by atoms with Crippen LogP contribution in [-0.4, -0.2) is 53.2 Å². The van der Waals surface area contributed by atoms with E-state index in [1.807, 2.05) is 0 Å². The Labute approximate surface area is 130 Å². The van der Waals surface area contributed by atoms with Crippen molar-refractivity contribution in [2.75, 3.05) is 53.0 Å². The Morgan fingerprint density at radius 3 is 2.27 bits per heavy atom. The van der Waals surface area contributed by atoms with Crippen LogP contribution in [0.1, 0.15) is 17.3 Å². The number of nitrogens with two attached hydrogens (primary N) is 1. The smallest absolute Gasteiger partial charge is 0.338 e. The predicted molar refractivity (Wildman–Crippen MR) is 81.6 cm³/mol. The number of ether oxygens (including phenoxy) is 5. The van der Waals surface area contributed by atoms with Crippen LogP contribution >= 0.6 is 0 Å². The molecular formula is C15H23NO6. The fourth-order valence-electron chi connectivity index (χ4n) is 1.68. The first-order valence-corrected chi connectivity index (χ1v) is 6.98. The SMILES string of the molecule is CCOC(=O)c1cc(N)c(OCCOC)c(OCCOC)c1. The molecule has 0 fully saturated rings. The minimum absolute atomic E-state index is 0.282. The van der Waals surface area contributed by atoms with Gasteiger partial charge in [-0.3, -0.25) is 0 Å². The highest BCUT2D eigenvalue weighted by Crippen LogP contribution is 2.35. The summed E-state index contributed by atoms with van der Waals surface area (Å²) in [5, 5.41) is 0. The number of carbonyl (C=O) groups is 1. The third kappa shape index (κ3) is 5.42. The second-order valence-electron chi connectivity index (χ2n) is 4.30. The Kier molecular flexibility index (Phi) is 8.09. The van der Waals surface area contributed by atoms with E-state index in [9.17, 15) is 4.79 Å². The largest absolute Gasteiger partial charge is 0.487 e. The monoisotopic (exact) mass is 313 g/mol. The quantitative estimate of drug-likeness (QED) is 0.398. The molecule has 2 N–H and O–H groups in total. The van der Waals surface area contributed by atoms with Gasteiger partial charge in [0.25, 0.3) is 0 Å². The third-order valence-corrected chi connectivity index (χ3v) is 2.67. The lowest BCUT2D eigenvalue weighted by Gasteiger charge is -2.16. The van der Waals surface area contributed by atoms with Crippen molar-refractivity contribution in [2.24, 2.45) is 0 Å². The number of hydrogen-bond donors (Lipinski definition) is 1. The zero-order valence-corrected chi connectivity index (χ0v) is 13.2. The second-order valence-corrected chi connectivity index (χ2v) is 4.30. The summed E-state index contributed by atoms with van der Waals surface area (Å²) in [6, 6.07) is 3.05. The zero-order valence-electron chi connectivity index (χ0n) is 13.2. The van der Waals surface area contributed by atoms with E-state index in [4.69, 9.17) is 29.4 Å². The van der Waals surface area contributed by atoms with Gasteiger partial charge < -0.3 is 29.4 Å². The minimum atomic E-state index is -0.464. The van der Waals surface area contributed by atoms with Gasteiger partial charge in [-0.05, 0) is 19.1 Å². The van der Waals surface area contributed by atoms with Crippen molar-refractivity contribution in [3.63, 3.8) is 0 Å². The maximum absolute atomic E-state index is 11.8. The molecular weight excluding hydrogens is 290 g/mol. The maximum Gasteiger partial charge on any atom is 0.338 e. The zero-order chi connectivity index (χ0) is 16.4. The maximum atomic E-state index is 11.8. The standard InChI is InChI=1S/C15H23NO6/c1-4-20-15(17)11-9-12(16)14(22-8-6-19-3)13(10-11)21-7-5-18-2/h9-10H,4-8,16H2,1-3H3. The third-order valence-electron chi connectivity index (χ3n) is 2.67. The average Bonchev–Trinajstić information content (AvgIpc) is 2.50. The van der Waals surface area contributed by atoms with Crippen molar-refractivity contribution < 1.29 is 28.5 Å². The normalized spacial score (nSPS) is 10.3. The van der Waals surface area contributed by atoms with Crippen molar-refractivity contribution in [3.8, 4) is 11.5 Å². The van der Waals surface area contributed by atoms with Crippen LogP contribution in [-0.2, 0) is 14.2 Å². The van der Waals surface area contributed by atoms with Crippen molar-refractivity contribution >= 4 is 11.7 Å². The van der Waals surface area contributed by atoms with Crippen LogP contribution in [0.5, 0.6) is 11.5 Å². The van der Waals surface area contributed by atoms with E-state index in [0.717, 1.165) is 0 Å². The molecule has 0 aliphatic heterocycles. The predicted octanol–water partition coefficient (Wildman–Crippen LogP) is 1.50. The lowest BCUT2D eigenvalue weighted by atomic mass is 10.1. The molecule has 124 valence electrons. The summed E-state index contributed by atoms with van der Waals surface area (Å²) in [7, 11) is 3.15. The van der Waals surface area contributed by atoms with Crippen LogP contribution in [0.25, 0.3) is 0 Å². The highest BCUT2D eigenvalue weighted by atomic mass is 16.6. The summed E-state index contributed by atoms with van der Waals surface area (Å²) in [6.07, 6.45) is 0. The Morgan fingerprint density at radius 2 is 1.68 bits per heavy atom. The number of hydrogen-bond acceptors (Lipinski definition) is 7. The van der Waals surface area contributed by atoms with E-state index < -0.39 is 5.97 Å². The van der Waals surface area contributed by atoms with Crippen molar-refractivity contribution in [1.29, 1.82) is 0 Å². The number of esters is 1. The number of anilines is 1. The van der Waals surface area contributed by atoms with Gasteiger partial charge >= 0.3 is 5.97 Å². The molecule has 7 nitrogen and oxygen atoms in total. The first-order valence-electron chi connectivity index (χ1n) is 6.98. The fourth-order valence-corrected chi connectivity index (χ4v) is 1.68. The highest BCUT2D eigenvalue weighted by Gasteiger charge is 2.16. The van der Waals surface area contributed by atoms with Crippen molar-refractivity contribution in [1.82, 2.24) is 0 Å². The van der Waals surface area contributed by atoms with Crippen LogP contribution in [0, 0.1) is 0 Å². The van der Waals surface area contributed by atoms with E-state index >= 15 is 0 Å². The molecule has 0 aliphatic carbocycles. The number of methoxy groups -OCH3 is 2. The molecule has 0 aliphatic rings. The number of carbonyl (C=O) groups excluding carboxylic acids is 1. The first kappa shape index (κ1) is 18.1. The molecule has 7 heteroatoms. The molecule has 0 bridgehead atoms. The molecule has 0 saturated heterocycles. The van der Waals surface area contributed by atoms with E-state index in [1.54, 1.807) is 27.2 Å². The number of rotatable bonds is 10. The Hall–Kier alpha value is -1.99. The van der Waals surface area contributed by atoms with Crippen molar-refractivity contribution in [3.05, 3.63) is 17.7 Å². The van der Waals surface area contributed by atoms with E-state index in [1.165, 1.54) is 6.07 Å². The molecule has 0 radical (unpaired) electrons. The first-order chi connectivity index (χ1) is 10.6. The summed E-state index contributed by atoms with van der Waals surface area (Å²) >= 11 is 0. The van der Waals surface area contributed by atoms with Gasteiger partial charge in [0.05, 0.1) is 31.1 Å². The van der Waals surface area contributed by atoms with E-state index in [-0.39, 0.29) is 6.61 Å². The molecule has 0 aromatic heterocycles. The van der Waals surface area contributed by atoms with Gasteiger partial charge in [-0.25, -0.2) is 4.79 Å². The molecule has 0 unspecified atom stereocenters. The van der Waals surface area contributed by atoms with Crippen LogP contribution in [0.3, 0.4) is 0 Å². The minimum Gasteiger partial charge on any atom is -0.487 e. The van der Waals surface area contributed by atoms with E-state index in [2.05, 4.69) is 0 Å². The highest BCUT2D eigenvalue weighted by molar-refractivity contribution is 5.92. The topological polar surface area (TPSA) is 89.2 Å². The molecule has 1 aromatic rings. The van der Waals surface area contributed by atoms with Crippen LogP contribution < -0.4 is 15.2 Å². The molecule has 22 heavy (non-hydrogen) atoms. The van der Waals surface area contributed by atoms with Gasteiger partial charge in [0, 0.05) is 14.2 Å². The van der Waals surface area contributed by atoms with Gasteiger partial charge in [-0.15, -0.1) is 0 Å². The van der Waals surface area contributed by atoms with Crippen LogP contribution in [0.2, 0.25) is 0 Å². The molecule has 1 rings (SSSR count). The van der Waals surface area contributed by atoms with E-state index in [0.29, 0.717) is 49.2 Å². The van der Waals surface area contributed by atoms with Gasteiger partial charge in [-0.1, -0.05) is 0 Å². The summed E-state index contributed by atoms with van der Waals surface area (Å²) in [6.45, 7) is 3.46. The lowest BCUT2D eigenvalue weighted by Crippen LogP contribution is -2.12. The summed E-state index contributed by atoms with van der Waals surface area (Å²) in [4.78, 5) is 11.8. The van der Waals surface area contributed by atoms with Crippen LogP contribution in [0.15, 0.2) is 12.1 Å². The van der Waals surface area contributed by atoms with Crippen molar-refractivity contribution in [2.45, 2.75) is 6.92 Å². The molecule has 0 heterocycles. The average molecular weight is 313 g/mol. The molecule has 0 saturated carbocycles. The van der Waals surface area contributed by atoms with Gasteiger partial charge in [0.1, 0.15) is 13.2 Å². The lowest BCUT2D eigenvalue weighted by molar-refractivity contribution is 0.0525. The molecule has 0 spiro atoms. The molecule has 1 aromatic carbocycles.